The maximum atomic E-state index is 12.7. The summed E-state index contributed by atoms with van der Waals surface area (Å²) in [5, 5.41) is 1.33. The molecule has 0 atom stereocenters. The second-order valence-electron chi connectivity index (χ2n) is 3.83. The molecule has 0 aliphatic carbocycles. The Morgan fingerprint density at radius 2 is 1.70 bits per heavy atom. The van der Waals surface area contributed by atoms with Crippen molar-refractivity contribution in [3.63, 3.8) is 0 Å². The smallest absolute Gasteiger partial charge is 0.320 e. The second kappa shape index (κ2) is 5.00. The first-order chi connectivity index (χ1) is 8.85. The Labute approximate surface area is 110 Å². The standard InChI is InChI=1S/C10H8F5NO3S/c1-20(18,19)7-4-2-3-6(5-7)16-8(17)9(11,12)10(13,14)15/h2-5H,1H3,(H,16,17). The van der Waals surface area contributed by atoms with Crippen LogP contribution in [0.15, 0.2) is 29.2 Å². The van der Waals surface area contributed by atoms with Crippen LogP contribution in [0.3, 0.4) is 0 Å². The number of halogens is 5. The number of carbonyl (C=O) groups is 1. The van der Waals surface area contributed by atoms with Crippen LogP contribution >= 0.6 is 0 Å². The van der Waals surface area contributed by atoms with Crippen molar-refractivity contribution in [2.45, 2.75) is 17.0 Å². The Morgan fingerprint density at radius 3 is 2.15 bits per heavy atom. The van der Waals surface area contributed by atoms with E-state index in [4.69, 9.17) is 0 Å². The lowest BCUT2D eigenvalue weighted by atomic mass is 10.2. The Balaban J connectivity index is 3.04. The third-order valence-electron chi connectivity index (χ3n) is 2.16. The molecule has 0 unspecified atom stereocenters. The van der Waals surface area contributed by atoms with E-state index in [2.05, 4.69) is 0 Å². The molecule has 0 heterocycles. The fourth-order valence-corrected chi connectivity index (χ4v) is 1.81. The van der Waals surface area contributed by atoms with Crippen molar-refractivity contribution in [1.82, 2.24) is 0 Å². The molecule has 0 aromatic heterocycles. The second-order valence-corrected chi connectivity index (χ2v) is 5.84. The van der Waals surface area contributed by atoms with Gasteiger partial charge in [-0.3, -0.25) is 4.79 Å². The Bertz CT molecular complexity index is 624. The number of benzene rings is 1. The molecule has 0 spiro atoms. The molecule has 1 rings (SSSR count). The molecule has 0 fully saturated rings. The summed E-state index contributed by atoms with van der Waals surface area (Å²) in [7, 11) is -3.69. The van der Waals surface area contributed by atoms with E-state index in [-0.39, 0.29) is 4.90 Å². The largest absolute Gasteiger partial charge is 0.463 e. The van der Waals surface area contributed by atoms with E-state index >= 15 is 0 Å². The minimum atomic E-state index is -6.04. The summed E-state index contributed by atoms with van der Waals surface area (Å²) in [6.45, 7) is 0. The molecule has 1 aromatic carbocycles. The summed E-state index contributed by atoms with van der Waals surface area (Å²) in [5.74, 6) is -8.16. The first kappa shape index (κ1) is 16.3. The molecule has 10 heteroatoms. The molecule has 4 nitrogen and oxygen atoms in total. The molecule has 0 saturated carbocycles. The van der Waals surface area contributed by atoms with Gasteiger partial charge in [-0.1, -0.05) is 6.07 Å². The van der Waals surface area contributed by atoms with Crippen LogP contribution in [0.25, 0.3) is 0 Å². The predicted octanol–water partition coefficient (Wildman–Crippen LogP) is 2.23. The van der Waals surface area contributed by atoms with Crippen LogP contribution < -0.4 is 5.32 Å². The van der Waals surface area contributed by atoms with Crippen molar-refractivity contribution in [2.24, 2.45) is 0 Å². The van der Waals surface area contributed by atoms with Gasteiger partial charge < -0.3 is 5.32 Å². The van der Waals surface area contributed by atoms with Crippen LogP contribution in [0.4, 0.5) is 27.6 Å². The van der Waals surface area contributed by atoms with E-state index in [0.717, 1.165) is 30.5 Å². The first-order valence-electron chi connectivity index (χ1n) is 4.92. The molecule has 0 radical (unpaired) electrons. The van der Waals surface area contributed by atoms with Crippen molar-refractivity contribution in [1.29, 1.82) is 0 Å². The zero-order chi connectivity index (χ0) is 15.8. The summed E-state index contributed by atoms with van der Waals surface area (Å²) >= 11 is 0. The minimum absolute atomic E-state index is 0.328. The number of rotatable bonds is 3. The van der Waals surface area contributed by atoms with Gasteiger partial charge in [0.15, 0.2) is 9.84 Å². The first-order valence-corrected chi connectivity index (χ1v) is 6.81. The molecule has 1 N–H and O–H groups in total. The van der Waals surface area contributed by atoms with Crippen LogP contribution in [0.1, 0.15) is 0 Å². The SMILES string of the molecule is CS(=O)(=O)c1cccc(NC(=O)C(F)(F)C(F)(F)F)c1. The molecule has 0 saturated heterocycles. The summed E-state index contributed by atoms with van der Waals surface area (Å²) in [6.07, 6.45) is -5.22. The van der Waals surface area contributed by atoms with E-state index in [1.54, 1.807) is 0 Å². The fourth-order valence-electron chi connectivity index (χ4n) is 1.14. The van der Waals surface area contributed by atoms with Gasteiger partial charge in [0.25, 0.3) is 0 Å². The van der Waals surface area contributed by atoms with Gasteiger partial charge in [-0.25, -0.2) is 8.42 Å². The summed E-state index contributed by atoms with van der Waals surface area (Å²) in [4.78, 5) is 10.6. The third kappa shape index (κ3) is 3.44. The Kier molecular flexibility index (Phi) is 4.09. The molecule has 0 aliphatic heterocycles. The van der Waals surface area contributed by atoms with E-state index in [0.29, 0.717) is 0 Å². The molecular weight excluding hydrogens is 309 g/mol. The van der Waals surface area contributed by atoms with E-state index in [1.165, 1.54) is 5.32 Å². The average Bonchev–Trinajstić information content (AvgIpc) is 2.26. The minimum Gasteiger partial charge on any atom is -0.320 e. The van der Waals surface area contributed by atoms with Gasteiger partial charge in [-0.05, 0) is 18.2 Å². The molecule has 0 aliphatic rings. The Morgan fingerprint density at radius 1 is 1.15 bits per heavy atom. The highest BCUT2D eigenvalue weighted by atomic mass is 32.2. The summed E-state index contributed by atoms with van der Waals surface area (Å²) in [6, 6.07) is 3.96. The van der Waals surface area contributed by atoms with Gasteiger partial charge in [0.05, 0.1) is 4.90 Å². The van der Waals surface area contributed by atoms with Gasteiger partial charge in [0.2, 0.25) is 0 Å². The highest BCUT2D eigenvalue weighted by molar-refractivity contribution is 7.90. The zero-order valence-corrected chi connectivity index (χ0v) is 10.6. The van der Waals surface area contributed by atoms with Gasteiger partial charge in [0.1, 0.15) is 0 Å². The zero-order valence-electron chi connectivity index (χ0n) is 9.83. The monoisotopic (exact) mass is 317 g/mol. The summed E-state index contributed by atoms with van der Waals surface area (Å²) < 4.78 is 83.6. The van der Waals surface area contributed by atoms with Crippen molar-refractivity contribution >= 4 is 21.4 Å². The third-order valence-corrected chi connectivity index (χ3v) is 3.27. The summed E-state index contributed by atoms with van der Waals surface area (Å²) in [5.41, 5.74) is -0.484. The lowest BCUT2D eigenvalue weighted by Gasteiger charge is -2.18. The fraction of sp³-hybridized carbons (Fsp3) is 0.300. The van der Waals surface area contributed by atoms with Gasteiger partial charge >= 0.3 is 18.0 Å². The Hall–Kier alpha value is -1.71. The van der Waals surface area contributed by atoms with E-state index < -0.39 is 33.5 Å². The maximum absolute atomic E-state index is 12.7. The lowest BCUT2D eigenvalue weighted by molar-refractivity contribution is -0.267. The quantitative estimate of drug-likeness (QED) is 0.870. The highest BCUT2D eigenvalue weighted by Crippen LogP contribution is 2.36. The molecule has 20 heavy (non-hydrogen) atoms. The number of hydrogen-bond acceptors (Lipinski definition) is 3. The van der Waals surface area contributed by atoms with Crippen molar-refractivity contribution in [3.05, 3.63) is 24.3 Å². The van der Waals surface area contributed by atoms with Crippen molar-refractivity contribution in [3.8, 4) is 0 Å². The number of carbonyl (C=O) groups excluding carboxylic acids is 1. The van der Waals surface area contributed by atoms with Crippen LogP contribution in [0.2, 0.25) is 0 Å². The topological polar surface area (TPSA) is 63.2 Å². The van der Waals surface area contributed by atoms with Crippen LogP contribution in [0.5, 0.6) is 0 Å². The maximum Gasteiger partial charge on any atom is 0.463 e. The van der Waals surface area contributed by atoms with Gasteiger partial charge in [0, 0.05) is 11.9 Å². The molecular formula is C10H8F5NO3S. The molecule has 1 aromatic rings. The lowest BCUT2D eigenvalue weighted by Crippen LogP contribution is -2.47. The van der Waals surface area contributed by atoms with E-state index in [1.807, 2.05) is 0 Å². The number of anilines is 1. The number of alkyl halides is 5. The molecule has 1 amide bonds. The van der Waals surface area contributed by atoms with Crippen LogP contribution in [-0.2, 0) is 14.6 Å². The number of nitrogens with one attached hydrogen (secondary N) is 1. The van der Waals surface area contributed by atoms with Gasteiger partial charge in [-0.15, -0.1) is 0 Å². The number of sulfone groups is 1. The molecule has 112 valence electrons. The number of hydrogen-bond donors (Lipinski definition) is 1. The van der Waals surface area contributed by atoms with Crippen LogP contribution in [0, 0.1) is 0 Å². The van der Waals surface area contributed by atoms with Gasteiger partial charge in [-0.2, -0.15) is 22.0 Å². The van der Waals surface area contributed by atoms with Crippen molar-refractivity contribution in [2.75, 3.05) is 11.6 Å². The average molecular weight is 317 g/mol. The predicted molar refractivity (Wildman–Crippen MR) is 59.2 cm³/mol. The normalized spacial score (nSPS) is 13.1. The highest BCUT2D eigenvalue weighted by Gasteiger charge is 2.63. The molecule has 0 bridgehead atoms. The van der Waals surface area contributed by atoms with Crippen LogP contribution in [-0.4, -0.2) is 32.7 Å². The van der Waals surface area contributed by atoms with Crippen molar-refractivity contribution < 1.29 is 35.2 Å². The van der Waals surface area contributed by atoms with E-state index in [9.17, 15) is 35.2 Å². The number of amides is 1.